The summed E-state index contributed by atoms with van der Waals surface area (Å²) in [6.07, 6.45) is 0. The second-order valence-corrected chi connectivity index (χ2v) is 4.66. The normalized spacial score (nSPS) is 15.7. The van der Waals surface area contributed by atoms with E-state index in [-0.39, 0.29) is 5.91 Å². The minimum absolute atomic E-state index is 0.125. The van der Waals surface area contributed by atoms with E-state index in [0.29, 0.717) is 44.4 Å². The lowest BCUT2D eigenvalue weighted by Crippen LogP contribution is -2.44. The van der Waals surface area contributed by atoms with Gasteiger partial charge in [-0.3, -0.25) is 4.79 Å². The van der Waals surface area contributed by atoms with Crippen LogP contribution in [0.2, 0.25) is 5.02 Å². The van der Waals surface area contributed by atoms with Crippen molar-refractivity contribution in [2.75, 3.05) is 32.8 Å². The molecule has 5 heteroatoms. The number of carbonyl (C=O) groups is 1. The number of rotatable bonds is 4. The summed E-state index contributed by atoms with van der Waals surface area (Å²) in [5, 5.41) is 3.85. The van der Waals surface area contributed by atoms with Crippen LogP contribution < -0.4 is 5.32 Å². The van der Waals surface area contributed by atoms with Crippen molar-refractivity contribution >= 4 is 17.5 Å². The summed E-state index contributed by atoms with van der Waals surface area (Å²) < 4.78 is 5.21. The molecular weight excluding hydrogens is 252 g/mol. The first-order valence-corrected chi connectivity index (χ1v) is 6.44. The highest BCUT2D eigenvalue weighted by Crippen LogP contribution is 2.10. The molecule has 1 saturated heterocycles. The van der Waals surface area contributed by atoms with Gasteiger partial charge in [0.05, 0.1) is 19.8 Å². The highest BCUT2D eigenvalue weighted by molar-refractivity contribution is 6.30. The number of halogens is 1. The third kappa shape index (κ3) is 3.98. The van der Waals surface area contributed by atoms with Gasteiger partial charge < -0.3 is 15.0 Å². The van der Waals surface area contributed by atoms with Crippen molar-refractivity contribution < 1.29 is 9.53 Å². The molecule has 1 amide bonds. The molecule has 2 rings (SSSR count). The number of hydrogen-bond donors (Lipinski definition) is 1. The zero-order chi connectivity index (χ0) is 12.8. The molecular formula is C13H17ClN2O2. The highest BCUT2D eigenvalue weighted by atomic mass is 35.5. The molecule has 0 bridgehead atoms. The van der Waals surface area contributed by atoms with Crippen LogP contribution >= 0.6 is 11.6 Å². The molecule has 0 saturated carbocycles. The van der Waals surface area contributed by atoms with Crippen LogP contribution in [-0.4, -0.2) is 43.7 Å². The lowest BCUT2D eigenvalue weighted by atomic mass is 10.2. The maximum atomic E-state index is 11.8. The lowest BCUT2D eigenvalue weighted by Gasteiger charge is -2.26. The van der Waals surface area contributed by atoms with Crippen LogP contribution in [0, 0.1) is 0 Å². The maximum absolute atomic E-state index is 11.8. The number of hydrogen-bond acceptors (Lipinski definition) is 3. The van der Waals surface area contributed by atoms with Gasteiger partial charge in [0.15, 0.2) is 0 Å². The standard InChI is InChI=1S/C13H17ClN2O2/c14-12-3-1-2-11(8-12)9-15-10-13(17)16-4-6-18-7-5-16/h1-3,8,15H,4-7,9-10H2. The zero-order valence-corrected chi connectivity index (χ0v) is 10.9. The second kappa shape index (κ2) is 6.73. The van der Waals surface area contributed by atoms with Crippen molar-refractivity contribution in [2.45, 2.75) is 6.54 Å². The van der Waals surface area contributed by atoms with Gasteiger partial charge in [-0.25, -0.2) is 0 Å². The Morgan fingerprint density at radius 3 is 2.89 bits per heavy atom. The quantitative estimate of drug-likeness (QED) is 0.895. The number of amides is 1. The van der Waals surface area contributed by atoms with Crippen LogP contribution in [-0.2, 0) is 16.1 Å². The van der Waals surface area contributed by atoms with Crippen molar-refractivity contribution in [3.8, 4) is 0 Å². The summed E-state index contributed by atoms with van der Waals surface area (Å²) >= 11 is 5.89. The molecule has 0 aliphatic carbocycles. The number of benzene rings is 1. The summed E-state index contributed by atoms with van der Waals surface area (Å²) in [5.41, 5.74) is 1.08. The molecule has 1 aliphatic rings. The first kappa shape index (κ1) is 13.3. The van der Waals surface area contributed by atoms with Crippen LogP contribution in [0.5, 0.6) is 0 Å². The molecule has 18 heavy (non-hydrogen) atoms. The Morgan fingerprint density at radius 2 is 2.17 bits per heavy atom. The molecule has 1 heterocycles. The minimum atomic E-state index is 0.125. The number of ether oxygens (including phenoxy) is 1. The van der Waals surface area contributed by atoms with E-state index in [9.17, 15) is 4.79 Å². The molecule has 0 unspecified atom stereocenters. The van der Waals surface area contributed by atoms with E-state index in [2.05, 4.69) is 5.32 Å². The van der Waals surface area contributed by atoms with E-state index >= 15 is 0 Å². The van der Waals surface area contributed by atoms with Gasteiger partial charge >= 0.3 is 0 Å². The summed E-state index contributed by atoms with van der Waals surface area (Å²) in [4.78, 5) is 13.7. The average molecular weight is 269 g/mol. The van der Waals surface area contributed by atoms with Crippen LogP contribution in [0.25, 0.3) is 0 Å². The van der Waals surface area contributed by atoms with Crippen LogP contribution in [0.15, 0.2) is 24.3 Å². The average Bonchev–Trinajstić information content (AvgIpc) is 2.40. The fourth-order valence-corrected chi connectivity index (χ4v) is 2.10. The molecule has 4 nitrogen and oxygen atoms in total. The van der Waals surface area contributed by atoms with Crippen molar-refractivity contribution in [1.29, 1.82) is 0 Å². The van der Waals surface area contributed by atoms with Gasteiger partial charge in [-0.15, -0.1) is 0 Å². The molecule has 0 atom stereocenters. The predicted molar refractivity (Wildman–Crippen MR) is 70.6 cm³/mol. The molecule has 0 radical (unpaired) electrons. The third-order valence-electron chi connectivity index (χ3n) is 2.86. The van der Waals surface area contributed by atoms with Gasteiger partial charge in [0.2, 0.25) is 5.91 Å². The van der Waals surface area contributed by atoms with Crippen molar-refractivity contribution in [3.05, 3.63) is 34.9 Å². The predicted octanol–water partition coefficient (Wildman–Crippen LogP) is 1.29. The van der Waals surface area contributed by atoms with Gasteiger partial charge in [-0.05, 0) is 17.7 Å². The number of nitrogens with one attached hydrogen (secondary N) is 1. The van der Waals surface area contributed by atoms with Crippen LogP contribution in [0.4, 0.5) is 0 Å². The van der Waals surface area contributed by atoms with Crippen molar-refractivity contribution in [3.63, 3.8) is 0 Å². The Hall–Kier alpha value is -1.10. The Morgan fingerprint density at radius 1 is 1.39 bits per heavy atom. The molecule has 1 aliphatic heterocycles. The molecule has 0 spiro atoms. The topological polar surface area (TPSA) is 41.6 Å². The van der Waals surface area contributed by atoms with E-state index in [4.69, 9.17) is 16.3 Å². The van der Waals surface area contributed by atoms with E-state index in [1.54, 1.807) is 0 Å². The fraction of sp³-hybridized carbons (Fsp3) is 0.462. The monoisotopic (exact) mass is 268 g/mol. The summed E-state index contributed by atoms with van der Waals surface area (Å²) in [6.45, 7) is 3.67. The molecule has 98 valence electrons. The smallest absolute Gasteiger partial charge is 0.236 e. The number of carbonyl (C=O) groups excluding carboxylic acids is 1. The molecule has 1 fully saturated rings. The largest absolute Gasteiger partial charge is 0.378 e. The SMILES string of the molecule is O=C(CNCc1cccc(Cl)c1)N1CCOCC1. The molecule has 1 aromatic carbocycles. The lowest BCUT2D eigenvalue weighted by molar-refractivity contribution is -0.134. The van der Waals surface area contributed by atoms with E-state index in [1.807, 2.05) is 29.2 Å². The van der Waals surface area contributed by atoms with Gasteiger partial charge in [0, 0.05) is 24.7 Å². The summed E-state index contributed by atoms with van der Waals surface area (Å²) in [6, 6.07) is 7.62. The minimum Gasteiger partial charge on any atom is -0.378 e. The Labute approximate surface area is 112 Å². The first-order valence-electron chi connectivity index (χ1n) is 6.06. The first-order chi connectivity index (χ1) is 8.75. The third-order valence-corrected chi connectivity index (χ3v) is 3.09. The highest BCUT2D eigenvalue weighted by Gasteiger charge is 2.15. The van der Waals surface area contributed by atoms with E-state index in [0.717, 1.165) is 5.56 Å². The maximum Gasteiger partial charge on any atom is 0.236 e. The van der Waals surface area contributed by atoms with Crippen molar-refractivity contribution in [2.24, 2.45) is 0 Å². The molecule has 1 aromatic rings. The van der Waals surface area contributed by atoms with Crippen molar-refractivity contribution in [1.82, 2.24) is 10.2 Å². The number of morpholine rings is 1. The van der Waals surface area contributed by atoms with Gasteiger partial charge in [-0.2, -0.15) is 0 Å². The van der Waals surface area contributed by atoms with Gasteiger partial charge in [0.1, 0.15) is 0 Å². The molecule has 1 N–H and O–H groups in total. The molecule has 0 aromatic heterocycles. The Balaban J connectivity index is 1.73. The van der Waals surface area contributed by atoms with Crippen LogP contribution in [0.1, 0.15) is 5.56 Å². The van der Waals surface area contributed by atoms with E-state index < -0.39 is 0 Å². The summed E-state index contributed by atoms with van der Waals surface area (Å²) in [7, 11) is 0. The second-order valence-electron chi connectivity index (χ2n) is 4.23. The Bertz CT molecular complexity index is 406. The fourth-order valence-electron chi connectivity index (χ4n) is 1.89. The zero-order valence-electron chi connectivity index (χ0n) is 10.2. The Kier molecular flexibility index (Phi) is 4.99. The van der Waals surface area contributed by atoms with Crippen LogP contribution in [0.3, 0.4) is 0 Å². The number of nitrogens with zero attached hydrogens (tertiary/aromatic N) is 1. The van der Waals surface area contributed by atoms with E-state index in [1.165, 1.54) is 0 Å². The van der Waals surface area contributed by atoms with Gasteiger partial charge in [0.25, 0.3) is 0 Å². The van der Waals surface area contributed by atoms with Gasteiger partial charge in [-0.1, -0.05) is 23.7 Å². The summed E-state index contributed by atoms with van der Waals surface area (Å²) in [5.74, 6) is 0.125.